The summed E-state index contributed by atoms with van der Waals surface area (Å²) in [6, 6.07) is 9.62. The maximum Gasteiger partial charge on any atom is 0.262 e. The zero-order chi connectivity index (χ0) is 19.8. The minimum Gasteiger partial charge on any atom is -0.484 e. The van der Waals surface area contributed by atoms with E-state index in [1.165, 1.54) is 30.3 Å². The van der Waals surface area contributed by atoms with E-state index in [1.54, 1.807) is 6.07 Å². The lowest BCUT2D eigenvalue weighted by atomic mass is 10.2. The van der Waals surface area contributed by atoms with Gasteiger partial charge >= 0.3 is 0 Å². The molecule has 0 atom stereocenters. The van der Waals surface area contributed by atoms with Crippen LogP contribution in [0.4, 0.5) is 14.5 Å². The quantitative estimate of drug-likeness (QED) is 0.710. The van der Waals surface area contributed by atoms with Gasteiger partial charge in [-0.3, -0.25) is 9.59 Å². The highest BCUT2D eigenvalue weighted by Gasteiger charge is 2.10. The lowest BCUT2D eigenvalue weighted by molar-refractivity contribution is -0.122. The van der Waals surface area contributed by atoms with Crippen molar-refractivity contribution < 1.29 is 23.1 Å². The molecule has 0 aliphatic rings. The Bertz CT molecular complexity index is 859. The minimum absolute atomic E-state index is 0.0106. The zero-order valence-electron chi connectivity index (χ0n) is 14.2. The van der Waals surface area contributed by atoms with Gasteiger partial charge in [-0.25, -0.2) is 8.78 Å². The summed E-state index contributed by atoms with van der Waals surface area (Å²) in [7, 11) is 0. The molecule has 2 aromatic rings. The first-order valence-electron chi connectivity index (χ1n) is 7.95. The van der Waals surface area contributed by atoms with Crippen LogP contribution in [0.25, 0.3) is 0 Å². The summed E-state index contributed by atoms with van der Waals surface area (Å²) >= 11 is 5.56. The molecule has 2 rings (SSSR count). The molecule has 2 N–H and O–H groups in total. The highest BCUT2D eigenvalue weighted by Crippen LogP contribution is 2.20. The van der Waals surface area contributed by atoms with E-state index in [4.69, 9.17) is 16.3 Å². The molecule has 0 aliphatic heterocycles. The van der Waals surface area contributed by atoms with Crippen LogP contribution in [0, 0.1) is 11.6 Å². The number of amides is 2. The van der Waals surface area contributed by atoms with Gasteiger partial charge in [-0.15, -0.1) is 0 Å². The van der Waals surface area contributed by atoms with Gasteiger partial charge in [-0.2, -0.15) is 0 Å². The second-order valence-electron chi connectivity index (χ2n) is 5.54. The Morgan fingerprint density at radius 3 is 2.48 bits per heavy atom. The van der Waals surface area contributed by atoms with Crippen molar-refractivity contribution in [3.8, 4) is 5.75 Å². The summed E-state index contributed by atoms with van der Waals surface area (Å²) in [5.41, 5.74) is 0.385. The normalized spacial score (nSPS) is 10.2. The predicted octanol–water partition coefficient (Wildman–Crippen LogP) is 4.05. The Labute approximate surface area is 160 Å². The van der Waals surface area contributed by atoms with Crippen molar-refractivity contribution in [2.24, 2.45) is 0 Å². The van der Waals surface area contributed by atoms with Gasteiger partial charge in [0.1, 0.15) is 17.4 Å². The predicted molar refractivity (Wildman–Crippen MR) is 98.5 cm³/mol. The fraction of sp³-hybridized carbons (Fsp3) is 0.158. The van der Waals surface area contributed by atoms with E-state index < -0.39 is 23.4 Å². The van der Waals surface area contributed by atoms with Crippen molar-refractivity contribution >= 4 is 29.1 Å². The minimum atomic E-state index is -0.653. The SMILES string of the molecule is C=C(CCC(=O)Nc1ccccc1F)NC(=O)COc1ccc(Cl)c(F)c1. The Kier molecular flexibility index (Phi) is 7.31. The molecule has 0 bridgehead atoms. The number of carbonyl (C=O) groups is 2. The number of nitrogens with one attached hydrogen (secondary N) is 2. The molecule has 0 spiro atoms. The molecule has 2 amide bonds. The van der Waals surface area contributed by atoms with E-state index in [1.807, 2.05) is 0 Å². The van der Waals surface area contributed by atoms with Crippen LogP contribution in [-0.4, -0.2) is 18.4 Å². The summed E-state index contributed by atoms with van der Waals surface area (Å²) < 4.78 is 31.9. The molecular weight excluding hydrogens is 378 g/mol. The number of halogens is 3. The summed E-state index contributed by atoms with van der Waals surface area (Å²) in [5, 5.41) is 4.86. The van der Waals surface area contributed by atoms with E-state index in [0.717, 1.165) is 6.07 Å². The summed E-state index contributed by atoms with van der Waals surface area (Å²) in [6.45, 7) is 3.29. The number of para-hydroxylation sites is 1. The molecule has 0 saturated heterocycles. The molecule has 0 unspecified atom stereocenters. The van der Waals surface area contributed by atoms with Crippen LogP contribution in [0.3, 0.4) is 0 Å². The Balaban J connectivity index is 1.71. The largest absolute Gasteiger partial charge is 0.484 e. The van der Waals surface area contributed by atoms with E-state index in [9.17, 15) is 18.4 Å². The van der Waals surface area contributed by atoms with Crippen LogP contribution in [0.15, 0.2) is 54.7 Å². The number of hydrogen-bond donors (Lipinski definition) is 2. The van der Waals surface area contributed by atoms with Crippen LogP contribution in [0.2, 0.25) is 5.02 Å². The van der Waals surface area contributed by atoms with Crippen molar-refractivity contribution in [1.29, 1.82) is 0 Å². The average Bonchev–Trinajstić information content (AvgIpc) is 2.63. The van der Waals surface area contributed by atoms with Crippen LogP contribution in [0.5, 0.6) is 5.75 Å². The molecule has 0 saturated carbocycles. The fourth-order valence-electron chi connectivity index (χ4n) is 2.05. The van der Waals surface area contributed by atoms with E-state index >= 15 is 0 Å². The van der Waals surface area contributed by atoms with E-state index in [0.29, 0.717) is 5.70 Å². The van der Waals surface area contributed by atoms with E-state index in [-0.39, 0.29) is 35.9 Å². The smallest absolute Gasteiger partial charge is 0.262 e. The van der Waals surface area contributed by atoms with Crippen LogP contribution in [-0.2, 0) is 9.59 Å². The van der Waals surface area contributed by atoms with Crippen molar-refractivity contribution in [1.82, 2.24) is 5.32 Å². The summed E-state index contributed by atoms with van der Waals surface area (Å²) in [4.78, 5) is 23.6. The Hall–Kier alpha value is -2.93. The van der Waals surface area contributed by atoms with Crippen LogP contribution >= 0.6 is 11.6 Å². The Morgan fingerprint density at radius 1 is 1.04 bits per heavy atom. The Morgan fingerprint density at radius 2 is 1.78 bits per heavy atom. The van der Waals surface area contributed by atoms with Crippen molar-refractivity contribution in [3.05, 3.63) is 71.4 Å². The molecule has 0 radical (unpaired) electrons. The van der Waals surface area contributed by atoms with Crippen molar-refractivity contribution in [3.63, 3.8) is 0 Å². The molecule has 0 aliphatic carbocycles. The average molecular weight is 395 g/mol. The van der Waals surface area contributed by atoms with Gasteiger partial charge in [-0.05, 0) is 30.7 Å². The van der Waals surface area contributed by atoms with Crippen LogP contribution < -0.4 is 15.4 Å². The molecule has 27 heavy (non-hydrogen) atoms. The highest BCUT2D eigenvalue weighted by atomic mass is 35.5. The van der Waals surface area contributed by atoms with Gasteiger partial charge in [-0.1, -0.05) is 30.3 Å². The number of ether oxygens (including phenoxy) is 1. The number of rotatable bonds is 8. The maximum absolute atomic E-state index is 13.5. The first-order chi connectivity index (χ1) is 12.8. The van der Waals surface area contributed by atoms with Crippen LogP contribution in [0.1, 0.15) is 12.8 Å². The third-order valence-corrected chi connectivity index (χ3v) is 3.69. The molecule has 142 valence electrons. The van der Waals surface area contributed by atoms with Gasteiger partial charge in [0, 0.05) is 18.2 Å². The lowest BCUT2D eigenvalue weighted by Crippen LogP contribution is -2.28. The highest BCUT2D eigenvalue weighted by molar-refractivity contribution is 6.30. The lowest BCUT2D eigenvalue weighted by Gasteiger charge is -2.10. The number of hydrogen-bond acceptors (Lipinski definition) is 3. The number of carbonyl (C=O) groups excluding carboxylic acids is 2. The molecule has 8 heteroatoms. The fourth-order valence-corrected chi connectivity index (χ4v) is 2.17. The maximum atomic E-state index is 13.5. The first kappa shape index (κ1) is 20.4. The third-order valence-electron chi connectivity index (χ3n) is 3.38. The number of allylic oxidation sites excluding steroid dienone is 1. The molecule has 0 heterocycles. The number of benzene rings is 2. The monoisotopic (exact) mass is 394 g/mol. The molecule has 0 aromatic heterocycles. The van der Waals surface area contributed by atoms with Gasteiger partial charge in [0.05, 0.1) is 10.7 Å². The first-order valence-corrected chi connectivity index (χ1v) is 8.33. The van der Waals surface area contributed by atoms with Crippen molar-refractivity contribution in [2.45, 2.75) is 12.8 Å². The molecule has 5 nitrogen and oxygen atoms in total. The van der Waals surface area contributed by atoms with Gasteiger partial charge < -0.3 is 15.4 Å². The second-order valence-corrected chi connectivity index (χ2v) is 5.95. The van der Waals surface area contributed by atoms with Gasteiger partial charge in [0.25, 0.3) is 5.91 Å². The molecule has 0 fully saturated rings. The van der Waals surface area contributed by atoms with Crippen molar-refractivity contribution in [2.75, 3.05) is 11.9 Å². The van der Waals surface area contributed by atoms with Gasteiger partial charge in [0.2, 0.25) is 5.91 Å². The second kappa shape index (κ2) is 9.68. The topological polar surface area (TPSA) is 67.4 Å². The summed E-state index contributed by atoms with van der Waals surface area (Å²) in [6.07, 6.45) is 0.179. The third kappa shape index (κ3) is 6.71. The standard InChI is InChI=1S/C19H17ClF2N2O3/c1-12(6-9-18(25)24-17-5-3-2-4-15(17)21)23-19(26)11-27-13-7-8-14(20)16(22)10-13/h2-5,7-8,10H,1,6,9,11H2,(H,23,26)(H,24,25). The summed E-state index contributed by atoms with van der Waals surface area (Å²) in [5.74, 6) is -1.95. The molecular formula is C19H17ClF2N2O3. The van der Waals surface area contributed by atoms with Gasteiger partial charge in [0.15, 0.2) is 6.61 Å². The molecule has 2 aromatic carbocycles. The zero-order valence-corrected chi connectivity index (χ0v) is 15.0. The number of anilines is 1. The van der Waals surface area contributed by atoms with E-state index in [2.05, 4.69) is 17.2 Å².